The van der Waals surface area contributed by atoms with E-state index in [1.54, 1.807) is 12.3 Å². The Balaban J connectivity index is 2.56. The first-order valence-corrected chi connectivity index (χ1v) is 5.35. The van der Waals surface area contributed by atoms with E-state index in [0.29, 0.717) is 18.7 Å². The lowest BCUT2D eigenvalue weighted by atomic mass is 9.94. The van der Waals surface area contributed by atoms with Crippen LogP contribution in [0.3, 0.4) is 0 Å². The highest BCUT2D eigenvalue weighted by Crippen LogP contribution is 2.10. The average molecular weight is 221 g/mol. The van der Waals surface area contributed by atoms with Crippen LogP contribution in [0.4, 0.5) is 0 Å². The number of hydrogen-bond acceptors (Lipinski definition) is 3. The fraction of sp³-hybridized carbons (Fsp3) is 0.500. The van der Waals surface area contributed by atoms with Crippen LogP contribution in [0, 0.1) is 12.3 Å². The standard InChI is InChI=1S/C12H19N3O/c1-9-4-5-10(6-14-9)11(16)15-8-12(2,3)7-13/h4-6H,7-8,13H2,1-3H3,(H,15,16). The molecule has 1 heterocycles. The molecule has 0 aliphatic carbocycles. The second kappa shape index (κ2) is 5.07. The Bertz CT molecular complexity index is 357. The van der Waals surface area contributed by atoms with Gasteiger partial charge < -0.3 is 11.1 Å². The molecule has 0 saturated heterocycles. The van der Waals surface area contributed by atoms with Crippen molar-refractivity contribution in [2.45, 2.75) is 20.8 Å². The summed E-state index contributed by atoms with van der Waals surface area (Å²) in [6.07, 6.45) is 1.58. The van der Waals surface area contributed by atoms with Gasteiger partial charge in [-0.15, -0.1) is 0 Å². The molecule has 1 rings (SSSR count). The van der Waals surface area contributed by atoms with Gasteiger partial charge in [-0.3, -0.25) is 9.78 Å². The summed E-state index contributed by atoms with van der Waals surface area (Å²) in [7, 11) is 0. The molecule has 0 fully saturated rings. The van der Waals surface area contributed by atoms with E-state index in [-0.39, 0.29) is 11.3 Å². The van der Waals surface area contributed by atoms with Crippen molar-refractivity contribution in [1.29, 1.82) is 0 Å². The maximum atomic E-state index is 11.7. The number of nitrogens with zero attached hydrogens (tertiary/aromatic N) is 1. The predicted octanol–water partition coefficient (Wildman–Crippen LogP) is 1.10. The second-order valence-corrected chi connectivity index (χ2v) is 4.74. The van der Waals surface area contributed by atoms with Crippen LogP contribution in [0.2, 0.25) is 0 Å². The zero-order valence-electron chi connectivity index (χ0n) is 10.1. The number of pyridine rings is 1. The van der Waals surface area contributed by atoms with Crippen molar-refractivity contribution < 1.29 is 4.79 Å². The van der Waals surface area contributed by atoms with Gasteiger partial charge in [0.1, 0.15) is 0 Å². The summed E-state index contributed by atoms with van der Waals surface area (Å²) in [6.45, 7) is 7.02. The third-order valence-corrected chi connectivity index (χ3v) is 2.45. The summed E-state index contributed by atoms with van der Waals surface area (Å²) in [5.41, 5.74) is 7.00. The molecule has 16 heavy (non-hydrogen) atoms. The molecule has 0 aliphatic heterocycles. The summed E-state index contributed by atoms with van der Waals surface area (Å²) in [5, 5.41) is 2.85. The summed E-state index contributed by atoms with van der Waals surface area (Å²) in [4.78, 5) is 15.8. The van der Waals surface area contributed by atoms with Crippen LogP contribution in [-0.2, 0) is 0 Å². The van der Waals surface area contributed by atoms with E-state index in [0.717, 1.165) is 5.69 Å². The number of hydrogen-bond donors (Lipinski definition) is 2. The van der Waals surface area contributed by atoms with Crippen molar-refractivity contribution in [3.8, 4) is 0 Å². The number of amides is 1. The van der Waals surface area contributed by atoms with Gasteiger partial charge >= 0.3 is 0 Å². The second-order valence-electron chi connectivity index (χ2n) is 4.74. The Morgan fingerprint density at radius 3 is 2.69 bits per heavy atom. The van der Waals surface area contributed by atoms with Crippen molar-refractivity contribution in [3.63, 3.8) is 0 Å². The van der Waals surface area contributed by atoms with Crippen LogP contribution in [0.5, 0.6) is 0 Å². The number of rotatable bonds is 4. The normalized spacial score (nSPS) is 11.2. The number of aryl methyl sites for hydroxylation is 1. The topological polar surface area (TPSA) is 68.0 Å². The van der Waals surface area contributed by atoms with Gasteiger partial charge in [0.15, 0.2) is 0 Å². The molecule has 0 aliphatic rings. The zero-order chi connectivity index (χ0) is 12.2. The number of aromatic nitrogens is 1. The summed E-state index contributed by atoms with van der Waals surface area (Å²) >= 11 is 0. The lowest BCUT2D eigenvalue weighted by molar-refractivity contribution is 0.0937. The molecule has 0 bridgehead atoms. The highest BCUT2D eigenvalue weighted by Gasteiger charge is 2.17. The zero-order valence-corrected chi connectivity index (χ0v) is 10.1. The van der Waals surface area contributed by atoms with E-state index in [4.69, 9.17) is 5.73 Å². The van der Waals surface area contributed by atoms with Gasteiger partial charge in [0.25, 0.3) is 5.91 Å². The molecule has 1 aromatic heterocycles. The third-order valence-electron chi connectivity index (χ3n) is 2.45. The predicted molar refractivity (Wildman–Crippen MR) is 64.1 cm³/mol. The van der Waals surface area contributed by atoms with E-state index in [1.807, 2.05) is 26.8 Å². The Morgan fingerprint density at radius 2 is 2.19 bits per heavy atom. The van der Waals surface area contributed by atoms with Gasteiger partial charge in [-0.2, -0.15) is 0 Å². The SMILES string of the molecule is Cc1ccc(C(=O)NCC(C)(C)CN)cn1. The molecule has 0 spiro atoms. The highest BCUT2D eigenvalue weighted by atomic mass is 16.1. The van der Waals surface area contributed by atoms with Crippen molar-refractivity contribution in [3.05, 3.63) is 29.6 Å². The highest BCUT2D eigenvalue weighted by molar-refractivity contribution is 5.93. The number of nitrogens with two attached hydrogens (primary N) is 1. The van der Waals surface area contributed by atoms with E-state index >= 15 is 0 Å². The molecule has 1 amide bonds. The minimum atomic E-state index is -0.103. The molecule has 0 saturated carbocycles. The van der Waals surface area contributed by atoms with E-state index in [2.05, 4.69) is 10.3 Å². The van der Waals surface area contributed by atoms with Gasteiger partial charge in [-0.05, 0) is 31.0 Å². The lowest BCUT2D eigenvalue weighted by Crippen LogP contribution is -2.38. The summed E-state index contributed by atoms with van der Waals surface area (Å²) in [6, 6.07) is 3.59. The van der Waals surface area contributed by atoms with Gasteiger partial charge in [-0.25, -0.2) is 0 Å². The number of nitrogens with one attached hydrogen (secondary N) is 1. The largest absolute Gasteiger partial charge is 0.351 e. The minimum Gasteiger partial charge on any atom is -0.351 e. The maximum Gasteiger partial charge on any atom is 0.252 e. The Labute approximate surface area is 96.3 Å². The molecule has 1 aromatic rings. The maximum absolute atomic E-state index is 11.7. The molecule has 0 atom stereocenters. The van der Waals surface area contributed by atoms with Crippen molar-refractivity contribution in [1.82, 2.24) is 10.3 Å². The van der Waals surface area contributed by atoms with Crippen LogP contribution in [0.15, 0.2) is 18.3 Å². The van der Waals surface area contributed by atoms with Crippen LogP contribution < -0.4 is 11.1 Å². The van der Waals surface area contributed by atoms with Gasteiger partial charge in [0.05, 0.1) is 5.56 Å². The van der Waals surface area contributed by atoms with Gasteiger partial charge in [0, 0.05) is 18.4 Å². The lowest BCUT2D eigenvalue weighted by Gasteiger charge is -2.22. The quantitative estimate of drug-likeness (QED) is 0.800. The van der Waals surface area contributed by atoms with Crippen LogP contribution in [0.1, 0.15) is 29.9 Å². The van der Waals surface area contributed by atoms with Crippen molar-refractivity contribution in [2.24, 2.45) is 11.1 Å². The monoisotopic (exact) mass is 221 g/mol. The van der Waals surface area contributed by atoms with Gasteiger partial charge in [-0.1, -0.05) is 13.8 Å². The molecule has 0 radical (unpaired) electrons. The molecule has 88 valence electrons. The number of carbonyl (C=O) groups is 1. The van der Waals surface area contributed by atoms with E-state index < -0.39 is 0 Å². The first-order valence-electron chi connectivity index (χ1n) is 5.35. The third kappa shape index (κ3) is 3.62. The average Bonchev–Trinajstić information content (AvgIpc) is 2.27. The molecular weight excluding hydrogens is 202 g/mol. The fourth-order valence-electron chi connectivity index (χ4n) is 1.10. The van der Waals surface area contributed by atoms with Crippen LogP contribution >= 0.6 is 0 Å². The number of carbonyl (C=O) groups excluding carboxylic acids is 1. The Morgan fingerprint density at radius 1 is 1.50 bits per heavy atom. The molecular formula is C12H19N3O. The fourth-order valence-corrected chi connectivity index (χ4v) is 1.10. The molecule has 0 unspecified atom stereocenters. The van der Waals surface area contributed by atoms with Gasteiger partial charge in [0.2, 0.25) is 0 Å². The molecule has 0 aromatic carbocycles. The first kappa shape index (κ1) is 12.6. The Kier molecular flexibility index (Phi) is 4.01. The summed E-state index contributed by atoms with van der Waals surface area (Å²) < 4.78 is 0. The van der Waals surface area contributed by atoms with E-state index in [1.165, 1.54) is 0 Å². The minimum absolute atomic E-state index is 0.0756. The first-order chi connectivity index (χ1) is 7.44. The molecule has 4 nitrogen and oxygen atoms in total. The van der Waals surface area contributed by atoms with Crippen molar-refractivity contribution >= 4 is 5.91 Å². The molecule has 4 heteroatoms. The van der Waals surface area contributed by atoms with Crippen LogP contribution in [-0.4, -0.2) is 24.0 Å². The summed E-state index contributed by atoms with van der Waals surface area (Å²) in [5.74, 6) is -0.103. The Hall–Kier alpha value is -1.42. The van der Waals surface area contributed by atoms with Crippen molar-refractivity contribution in [2.75, 3.05) is 13.1 Å². The molecule has 3 N–H and O–H groups in total. The van der Waals surface area contributed by atoms with Crippen LogP contribution in [0.25, 0.3) is 0 Å². The smallest absolute Gasteiger partial charge is 0.252 e. The van der Waals surface area contributed by atoms with E-state index in [9.17, 15) is 4.79 Å².